The van der Waals surface area contributed by atoms with Gasteiger partial charge in [-0.15, -0.1) is 0 Å². The number of aryl methyl sites for hydroxylation is 1. The van der Waals surface area contributed by atoms with Gasteiger partial charge in [-0.1, -0.05) is 0 Å². The Morgan fingerprint density at radius 3 is 2.56 bits per heavy atom. The van der Waals surface area contributed by atoms with E-state index in [2.05, 4.69) is 20.5 Å². The lowest BCUT2D eigenvalue weighted by Gasteiger charge is -2.04. The summed E-state index contributed by atoms with van der Waals surface area (Å²) in [6.07, 6.45) is 1.52. The molecule has 0 amide bonds. The molecule has 1 heterocycles. The fourth-order valence-corrected chi connectivity index (χ4v) is 2.17. The van der Waals surface area contributed by atoms with E-state index >= 15 is 0 Å². The average Bonchev–Trinajstić information content (AvgIpc) is 2.63. The van der Waals surface area contributed by atoms with Crippen LogP contribution in [-0.4, -0.2) is 22.2 Å². The Hall–Kier alpha value is -3.81. The lowest BCUT2D eigenvalue weighted by atomic mass is 10.2. The molecular weight excluding hydrogens is 351 g/mol. The number of anilines is 1. The van der Waals surface area contributed by atoms with Crippen molar-refractivity contribution in [3.8, 4) is 5.75 Å². The molecule has 0 spiro atoms. The quantitative estimate of drug-likeness (QED) is 0.313. The SMILES string of the molecule is Cc1cc(=O)[nH]c(N/N=C/c2ccc(OC(=O)c3ccc(F)cc3)cc2)n1. The van der Waals surface area contributed by atoms with Crippen LogP contribution >= 0.6 is 0 Å². The second-order valence-electron chi connectivity index (χ2n) is 5.57. The van der Waals surface area contributed by atoms with Crippen molar-refractivity contribution in [1.29, 1.82) is 0 Å². The normalized spacial score (nSPS) is 10.7. The van der Waals surface area contributed by atoms with Crippen LogP contribution in [0.5, 0.6) is 5.75 Å². The number of aromatic nitrogens is 2. The minimum atomic E-state index is -0.576. The van der Waals surface area contributed by atoms with E-state index in [4.69, 9.17) is 4.74 Å². The van der Waals surface area contributed by atoms with E-state index < -0.39 is 11.8 Å². The molecule has 0 unspecified atom stereocenters. The smallest absolute Gasteiger partial charge is 0.343 e. The molecule has 0 saturated heterocycles. The van der Waals surface area contributed by atoms with Gasteiger partial charge in [-0.2, -0.15) is 5.10 Å². The number of esters is 1. The molecule has 2 N–H and O–H groups in total. The van der Waals surface area contributed by atoms with Crippen LogP contribution in [0, 0.1) is 12.7 Å². The molecule has 3 rings (SSSR count). The highest BCUT2D eigenvalue weighted by Gasteiger charge is 2.08. The standard InChI is InChI=1S/C19H15FN4O3/c1-12-10-17(25)23-19(22-12)24-21-11-13-2-8-16(9-3-13)27-18(26)14-4-6-15(20)7-5-14/h2-11H,1H3,(H2,22,23,24,25)/b21-11+. The molecule has 0 aliphatic heterocycles. The Morgan fingerprint density at radius 2 is 1.89 bits per heavy atom. The summed E-state index contributed by atoms with van der Waals surface area (Å²) in [5.41, 5.74) is 3.93. The molecule has 0 atom stereocenters. The number of aromatic amines is 1. The van der Waals surface area contributed by atoms with Crippen molar-refractivity contribution in [2.75, 3.05) is 5.43 Å². The Kier molecular flexibility index (Phi) is 5.36. The van der Waals surface area contributed by atoms with Crippen LogP contribution in [0.2, 0.25) is 0 Å². The summed E-state index contributed by atoms with van der Waals surface area (Å²) < 4.78 is 18.1. The van der Waals surface area contributed by atoms with E-state index in [9.17, 15) is 14.0 Å². The molecule has 3 aromatic rings. The summed E-state index contributed by atoms with van der Waals surface area (Å²) in [6, 6.07) is 13.1. The minimum Gasteiger partial charge on any atom is -0.423 e. The minimum absolute atomic E-state index is 0.237. The van der Waals surface area contributed by atoms with Crippen LogP contribution in [0.1, 0.15) is 21.6 Å². The summed E-state index contributed by atoms with van der Waals surface area (Å²) in [4.78, 5) is 29.9. The van der Waals surface area contributed by atoms with Gasteiger partial charge in [0.2, 0.25) is 5.95 Å². The molecule has 0 bridgehead atoms. The first-order valence-corrected chi connectivity index (χ1v) is 7.94. The molecule has 0 radical (unpaired) electrons. The van der Waals surface area contributed by atoms with Crippen LogP contribution in [0.4, 0.5) is 10.3 Å². The molecule has 0 saturated carbocycles. The second kappa shape index (κ2) is 8.05. The van der Waals surface area contributed by atoms with Crippen molar-refractivity contribution in [2.45, 2.75) is 6.92 Å². The highest BCUT2D eigenvalue weighted by Crippen LogP contribution is 2.14. The number of hydrogen-bond acceptors (Lipinski definition) is 6. The van der Waals surface area contributed by atoms with Crippen molar-refractivity contribution in [3.63, 3.8) is 0 Å². The first-order chi connectivity index (χ1) is 13.0. The number of hydrogen-bond donors (Lipinski definition) is 2. The summed E-state index contributed by atoms with van der Waals surface area (Å²) in [5.74, 6) is -0.415. The highest BCUT2D eigenvalue weighted by molar-refractivity contribution is 5.91. The van der Waals surface area contributed by atoms with Crippen molar-refractivity contribution in [1.82, 2.24) is 9.97 Å². The second-order valence-corrected chi connectivity index (χ2v) is 5.57. The Labute approximate surface area is 153 Å². The zero-order chi connectivity index (χ0) is 19.2. The van der Waals surface area contributed by atoms with Gasteiger partial charge in [0.05, 0.1) is 11.8 Å². The van der Waals surface area contributed by atoms with Crippen molar-refractivity contribution in [2.24, 2.45) is 5.10 Å². The number of carbonyl (C=O) groups excluding carboxylic acids is 1. The van der Waals surface area contributed by atoms with Crippen molar-refractivity contribution in [3.05, 3.63) is 87.6 Å². The summed E-state index contributed by atoms with van der Waals surface area (Å²) >= 11 is 0. The fourth-order valence-electron chi connectivity index (χ4n) is 2.17. The van der Waals surface area contributed by atoms with Gasteiger partial charge in [-0.3, -0.25) is 9.78 Å². The van der Waals surface area contributed by atoms with Gasteiger partial charge in [0.1, 0.15) is 11.6 Å². The van der Waals surface area contributed by atoms with Crippen molar-refractivity contribution < 1.29 is 13.9 Å². The van der Waals surface area contributed by atoms with Crippen LogP contribution in [0.15, 0.2) is 64.5 Å². The Morgan fingerprint density at radius 1 is 1.19 bits per heavy atom. The maximum absolute atomic E-state index is 12.9. The van der Waals surface area contributed by atoms with Gasteiger partial charge in [-0.25, -0.2) is 19.6 Å². The van der Waals surface area contributed by atoms with Gasteiger partial charge >= 0.3 is 5.97 Å². The lowest BCUT2D eigenvalue weighted by molar-refractivity contribution is 0.0734. The molecular formula is C19H15FN4O3. The maximum atomic E-state index is 12.9. The molecule has 0 aliphatic rings. The molecule has 0 aliphatic carbocycles. The molecule has 8 heteroatoms. The van der Waals surface area contributed by atoms with Crippen molar-refractivity contribution >= 4 is 18.1 Å². The number of nitrogens with zero attached hydrogens (tertiary/aromatic N) is 2. The zero-order valence-corrected chi connectivity index (χ0v) is 14.3. The number of benzene rings is 2. The van der Waals surface area contributed by atoms with E-state index in [0.717, 1.165) is 5.56 Å². The van der Waals surface area contributed by atoms with Gasteiger partial charge in [0, 0.05) is 11.8 Å². The first kappa shape index (κ1) is 18.0. The number of halogens is 1. The van der Waals surface area contributed by atoms with E-state index in [1.165, 1.54) is 36.5 Å². The molecule has 7 nitrogen and oxygen atoms in total. The number of H-pyrrole nitrogens is 1. The number of hydrazone groups is 1. The van der Waals surface area contributed by atoms with Gasteiger partial charge in [0.25, 0.3) is 5.56 Å². The van der Waals surface area contributed by atoms with Gasteiger partial charge < -0.3 is 4.74 Å². The predicted molar refractivity (Wildman–Crippen MR) is 98.6 cm³/mol. The van der Waals surface area contributed by atoms with E-state index in [0.29, 0.717) is 11.4 Å². The lowest BCUT2D eigenvalue weighted by Crippen LogP contribution is -2.10. The van der Waals surface area contributed by atoms with E-state index in [-0.39, 0.29) is 17.1 Å². The van der Waals surface area contributed by atoms with Crippen LogP contribution in [0.25, 0.3) is 0 Å². The largest absolute Gasteiger partial charge is 0.423 e. The number of ether oxygens (including phenoxy) is 1. The third-order valence-electron chi connectivity index (χ3n) is 3.42. The Balaban J connectivity index is 1.60. The van der Waals surface area contributed by atoms with Crippen LogP contribution in [0.3, 0.4) is 0 Å². The fraction of sp³-hybridized carbons (Fsp3) is 0.0526. The average molecular weight is 366 g/mol. The summed E-state index contributed by atoms with van der Waals surface area (Å²) in [7, 11) is 0. The molecule has 1 aromatic heterocycles. The molecule has 2 aromatic carbocycles. The predicted octanol–water partition coefficient (Wildman–Crippen LogP) is 2.88. The maximum Gasteiger partial charge on any atom is 0.343 e. The molecule has 0 fully saturated rings. The van der Waals surface area contributed by atoms with E-state index in [1.807, 2.05) is 0 Å². The molecule has 136 valence electrons. The summed E-state index contributed by atoms with van der Waals surface area (Å²) in [6.45, 7) is 1.70. The summed E-state index contributed by atoms with van der Waals surface area (Å²) in [5, 5.41) is 3.99. The first-order valence-electron chi connectivity index (χ1n) is 7.94. The third kappa shape index (κ3) is 5.08. The topological polar surface area (TPSA) is 96.4 Å². The monoisotopic (exact) mass is 366 g/mol. The number of carbonyl (C=O) groups is 1. The third-order valence-corrected chi connectivity index (χ3v) is 3.42. The van der Waals surface area contributed by atoms with E-state index in [1.54, 1.807) is 31.2 Å². The number of rotatable bonds is 5. The number of nitrogens with one attached hydrogen (secondary N) is 2. The van der Waals surface area contributed by atoms with Crippen LogP contribution in [-0.2, 0) is 0 Å². The van der Waals surface area contributed by atoms with Gasteiger partial charge in [0.15, 0.2) is 0 Å². The van der Waals surface area contributed by atoms with Crippen LogP contribution < -0.4 is 15.7 Å². The van der Waals surface area contributed by atoms with Gasteiger partial charge in [-0.05, 0) is 61.0 Å². The zero-order valence-electron chi connectivity index (χ0n) is 14.3. The molecule has 27 heavy (non-hydrogen) atoms. The Bertz CT molecular complexity index is 1030. The highest BCUT2D eigenvalue weighted by atomic mass is 19.1.